The summed E-state index contributed by atoms with van der Waals surface area (Å²) < 4.78 is 36.6. The molecule has 146 valence electrons. The van der Waals surface area contributed by atoms with Gasteiger partial charge in [-0.25, -0.2) is 9.97 Å². The van der Waals surface area contributed by atoms with Gasteiger partial charge in [0.1, 0.15) is 18.0 Å². The predicted molar refractivity (Wildman–Crippen MR) is 96.9 cm³/mol. The number of rotatable bonds is 4. The molecule has 1 aliphatic heterocycles. The zero-order valence-corrected chi connectivity index (χ0v) is 15.1. The highest BCUT2D eigenvalue weighted by atomic mass is 35.5. The average molecular weight is 411 g/mol. The molecule has 0 saturated carbocycles. The highest BCUT2D eigenvalue weighted by Gasteiger charge is 2.36. The van der Waals surface area contributed by atoms with Crippen LogP contribution in [-0.4, -0.2) is 51.7 Å². The Hall–Kier alpha value is -2.88. The molecule has 28 heavy (non-hydrogen) atoms. The molecular formula is C17H14ClF3N6O. The van der Waals surface area contributed by atoms with Crippen molar-refractivity contribution in [2.45, 2.75) is 6.18 Å². The van der Waals surface area contributed by atoms with E-state index in [2.05, 4.69) is 19.9 Å². The summed E-state index contributed by atoms with van der Waals surface area (Å²) in [6.45, 7) is -0.763. The van der Waals surface area contributed by atoms with Crippen molar-refractivity contribution < 1.29 is 18.0 Å². The molecule has 3 aromatic heterocycles. The van der Waals surface area contributed by atoms with Crippen molar-refractivity contribution in [2.24, 2.45) is 5.92 Å². The van der Waals surface area contributed by atoms with Crippen LogP contribution in [0.1, 0.15) is 0 Å². The maximum atomic E-state index is 12.2. The monoisotopic (exact) mass is 410 g/mol. The number of carbonyl (C=O) groups excluding carboxylic acids is 1. The highest BCUT2D eigenvalue weighted by Crippen LogP contribution is 2.30. The van der Waals surface area contributed by atoms with Crippen LogP contribution in [0.15, 0.2) is 30.9 Å². The second kappa shape index (κ2) is 6.93. The summed E-state index contributed by atoms with van der Waals surface area (Å²) >= 11 is 6.02. The van der Waals surface area contributed by atoms with Gasteiger partial charge in [0.05, 0.1) is 29.0 Å². The van der Waals surface area contributed by atoms with Gasteiger partial charge in [-0.3, -0.25) is 9.78 Å². The lowest BCUT2D eigenvalue weighted by atomic mass is 9.99. The third-order valence-electron chi connectivity index (χ3n) is 4.43. The summed E-state index contributed by atoms with van der Waals surface area (Å²) in [7, 11) is 0. The Labute approximate surface area is 161 Å². The maximum Gasteiger partial charge on any atom is 0.405 e. The lowest BCUT2D eigenvalue weighted by molar-refractivity contribution is -0.141. The van der Waals surface area contributed by atoms with E-state index >= 15 is 0 Å². The fraction of sp³-hybridized carbons (Fsp3) is 0.294. The molecule has 3 aromatic rings. The fourth-order valence-corrected chi connectivity index (χ4v) is 3.15. The number of fused-ring (bicyclic) bond motifs is 1. The van der Waals surface area contributed by atoms with E-state index in [1.54, 1.807) is 29.6 Å². The number of hydrogen-bond donors (Lipinski definition) is 2. The van der Waals surface area contributed by atoms with Gasteiger partial charge in [-0.2, -0.15) is 13.2 Å². The van der Waals surface area contributed by atoms with Crippen LogP contribution >= 0.6 is 11.6 Å². The summed E-state index contributed by atoms with van der Waals surface area (Å²) in [5, 5.41) is 3.20. The van der Waals surface area contributed by atoms with Crippen molar-refractivity contribution in [3.8, 4) is 11.3 Å². The number of hydrogen-bond acceptors (Lipinski definition) is 5. The lowest BCUT2D eigenvalue weighted by Gasteiger charge is -2.39. The summed E-state index contributed by atoms with van der Waals surface area (Å²) in [6.07, 6.45) is 2.02. The number of carbonyl (C=O) groups is 1. The second-order valence-corrected chi connectivity index (χ2v) is 6.89. The zero-order chi connectivity index (χ0) is 19.9. The summed E-state index contributed by atoms with van der Waals surface area (Å²) in [6, 6.07) is 1.77. The van der Waals surface area contributed by atoms with E-state index in [0.29, 0.717) is 22.2 Å². The van der Waals surface area contributed by atoms with Crippen LogP contribution in [0.3, 0.4) is 0 Å². The van der Waals surface area contributed by atoms with E-state index in [1.807, 2.05) is 5.32 Å². The molecule has 1 aliphatic rings. The number of halogens is 4. The number of H-pyrrole nitrogens is 1. The van der Waals surface area contributed by atoms with Crippen molar-refractivity contribution in [1.82, 2.24) is 25.3 Å². The van der Waals surface area contributed by atoms with Crippen molar-refractivity contribution in [2.75, 3.05) is 24.5 Å². The summed E-state index contributed by atoms with van der Waals surface area (Å²) in [5.74, 6) is -0.583. The second-order valence-electron chi connectivity index (χ2n) is 6.45. The SMILES string of the molecule is O=C(NCC(F)(F)F)C1CN(c2cncc(-c3c[nH]c4ncc(Cl)cc34)n2)C1. The maximum absolute atomic E-state index is 12.2. The third kappa shape index (κ3) is 3.72. The van der Waals surface area contributed by atoms with Gasteiger partial charge in [0.15, 0.2) is 0 Å². The van der Waals surface area contributed by atoms with Crippen molar-refractivity contribution in [3.63, 3.8) is 0 Å². The van der Waals surface area contributed by atoms with Gasteiger partial charge in [0.2, 0.25) is 5.91 Å². The Kier molecular flexibility index (Phi) is 4.58. The van der Waals surface area contributed by atoms with Crippen LogP contribution in [0.2, 0.25) is 5.02 Å². The minimum absolute atomic E-state index is 0.281. The Bertz CT molecular complexity index is 1030. The number of amides is 1. The van der Waals surface area contributed by atoms with Gasteiger partial charge in [-0.05, 0) is 6.07 Å². The molecule has 0 spiro atoms. The first kappa shape index (κ1) is 18.5. The molecule has 0 aromatic carbocycles. The fourth-order valence-electron chi connectivity index (χ4n) is 2.99. The van der Waals surface area contributed by atoms with Gasteiger partial charge in [0.25, 0.3) is 0 Å². The number of pyridine rings is 1. The van der Waals surface area contributed by atoms with E-state index in [4.69, 9.17) is 11.6 Å². The van der Waals surface area contributed by atoms with Crippen molar-refractivity contribution in [1.29, 1.82) is 0 Å². The molecule has 4 rings (SSSR count). The normalized spacial score (nSPS) is 14.9. The standard InChI is InChI=1S/C17H14ClF3N6O/c18-10-1-11-12(3-24-15(11)23-2-10)13-4-22-5-14(26-13)27-6-9(7-27)16(28)25-8-17(19,20)21/h1-5,9H,6-8H2,(H,23,24)(H,25,28). The van der Waals surface area contributed by atoms with Crippen molar-refractivity contribution >= 4 is 34.4 Å². The van der Waals surface area contributed by atoms with E-state index in [1.165, 1.54) is 6.20 Å². The molecule has 0 atom stereocenters. The number of nitrogens with one attached hydrogen (secondary N) is 2. The molecule has 11 heteroatoms. The average Bonchev–Trinajstić information content (AvgIpc) is 3.01. The summed E-state index contributed by atoms with van der Waals surface area (Å²) in [5.41, 5.74) is 2.04. The molecule has 0 unspecified atom stereocenters. The number of aromatic amines is 1. The molecule has 0 aliphatic carbocycles. The molecule has 4 heterocycles. The molecule has 1 amide bonds. The lowest BCUT2D eigenvalue weighted by Crippen LogP contribution is -2.55. The minimum atomic E-state index is -4.42. The number of nitrogens with zero attached hydrogens (tertiary/aromatic N) is 4. The van der Waals surface area contributed by atoms with Gasteiger partial charge < -0.3 is 15.2 Å². The quantitative estimate of drug-likeness (QED) is 0.690. The number of anilines is 1. The molecule has 1 fully saturated rings. The Balaban J connectivity index is 1.47. The number of aromatic nitrogens is 4. The minimum Gasteiger partial charge on any atom is -0.354 e. The van der Waals surface area contributed by atoms with Crippen LogP contribution in [0.5, 0.6) is 0 Å². The zero-order valence-electron chi connectivity index (χ0n) is 14.3. The Morgan fingerprint density at radius 2 is 2.11 bits per heavy atom. The largest absolute Gasteiger partial charge is 0.405 e. The molecule has 0 radical (unpaired) electrons. The first-order chi connectivity index (χ1) is 13.3. The van der Waals surface area contributed by atoms with Crippen molar-refractivity contribution in [3.05, 3.63) is 35.9 Å². The van der Waals surface area contributed by atoms with Gasteiger partial charge >= 0.3 is 6.18 Å². The van der Waals surface area contributed by atoms with Gasteiger partial charge in [-0.1, -0.05) is 11.6 Å². The van der Waals surface area contributed by atoms with Crippen LogP contribution < -0.4 is 10.2 Å². The third-order valence-corrected chi connectivity index (χ3v) is 4.64. The van der Waals surface area contributed by atoms with E-state index in [9.17, 15) is 18.0 Å². The molecule has 7 nitrogen and oxygen atoms in total. The predicted octanol–water partition coefficient (Wildman–Crippen LogP) is 2.79. The smallest absolute Gasteiger partial charge is 0.354 e. The Morgan fingerprint density at radius 3 is 2.86 bits per heavy atom. The van der Waals surface area contributed by atoms with Gasteiger partial charge in [-0.15, -0.1) is 0 Å². The molecule has 2 N–H and O–H groups in total. The molecule has 0 bridgehead atoms. The van der Waals surface area contributed by atoms with Crippen LogP contribution in [0, 0.1) is 5.92 Å². The van der Waals surface area contributed by atoms with Crippen LogP contribution in [-0.2, 0) is 4.79 Å². The van der Waals surface area contributed by atoms with E-state index in [0.717, 1.165) is 10.9 Å². The molecular weight excluding hydrogens is 397 g/mol. The molecule has 1 saturated heterocycles. The highest BCUT2D eigenvalue weighted by molar-refractivity contribution is 6.31. The van der Waals surface area contributed by atoms with Crippen LogP contribution in [0.4, 0.5) is 19.0 Å². The van der Waals surface area contributed by atoms with E-state index in [-0.39, 0.29) is 13.1 Å². The summed E-state index contributed by atoms with van der Waals surface area (Å²) in [4.78, 5) is 29.6. The Morgan fingerprint density at radius 1 is 1.32 bits per heavy atom. The van der Waals surface area contributed by atoms with E-state index < -0.39 is 24.5 Å². The van der Waals surface area contributed by atoms with Gasteiger partial charge in [0, 0.05) is 36.4 Å². The first-order valence-corrected chi connectivity index (χ1v) is 8.72. The van der Waals surface area contributed by atoms with Crippen LogP contribution in [0.25, 0.3) is 22.3 Å². The topological polar surface area (TPSA) is 86.8 Å². The number of alkyl halides is 3. The first-order valence-electron chi connectivity index (χ1n) is 8.34.